The van der Waals surface area contributed by atoms with E-state index in [-0.39, 0.29) is 17.1 Å². The number of amides is 2. The molecule has 2 heterocycles. The fraction of sp³-hybridized carbons (Fsp3) is 0.364. The number of furan rings is 1. The molecule has 0 unspecified atom stereocenters. The van der Waals surface area contributed by atoms with Gasteiger partial charge >= 0.3 is 0 Å². The van der Waals surface area contributed by atoms with E-state index in [1.165, 1.54) is 11.3 Å². The van der Waals surface area contributed by atoms with Crippen LogP contribution in [0.5, 0.6) is 0 Å². The monoisotopic (exact) mass is 396 g/mol. The second kappa shape index (κ2) is 6.78. The van der Waals surface area contributed by atoms with Crippen molar-refractivity contribution in [3.8, 4) is 0 Å². The molecule has 4 rings (SSSR count). The summed E-state index contributed by atoms with van der Waals surface area (Å²) in [4.78, 5) is 26.0. The van der Waals surface area contributed by atoms with Gasteiger partial charge in [0, 0.05) is 10.3 Å². The standard InChI is InChI=1S/C22H24N2O3S/c1-22(2,3)13-8-9-14-17(11-13)28-21(18(14)19(23)25)24-20(26)16-10-12-6-4-5-7-15(12)27-16/h4-7,10,13H,8-9,11H2,1-3H3,(H2,23,25)(H,24,26)/t13-/m0/s1. The van der Waals surface area contributed by atoms with Crippen LogP contribution < -0.4 is 11.1 Å². The van der Waals surface area contributed by atoms with Gasteiger partial charge in [0.15, 0.2) is 5.76 Å². The Bertz CT molecular complexity index is 1040. The van der Waals surface area contributed by atoms with Gasteiger partial charge in [-0.2, -0.15) is 0 Å². The number of hydrogen-bond acceptors (Lipinski definition) is 4. The molecule has 5 nitrogen and oxygen atoms in total. The normalized spacial score (nSPS) is 16.8. The van der Waals surface area contributed by atoms with Gasteiger partial charge in [-0.1, -0.05) is 39.0 Å². The number of nitrogens with one attached hydrogen (secondary N) is 1. The maximum absolute atomic E-state index is 12.7. The predicted molar refractivity (Wildman–Crippen MR) is 112 cm³/mol. The summed E-state index contributed by atoms with van der Waals surface area (Å²) in [7, 11) is 0. The zero-order valence-corrected chi connectivity index (χ0v) is 17.1. The summed E-state index contributed by atoms with van der Waals surface area (Å²) in [6.07, 6.45) is 2.74. The van der Waals surface area contributed by atoms with Gasteiger partial charge < -0.3 is 15.5 Å². The Kier molecular flexibility index (Phi) is 4.54. The lowest BCUT2D eigenvalue weighted by Crippen LogP contribution is -2.27. The zero-order valence-electron chi connectivity index (χ0n) is 16.3. The zero-order chi connectivity index (χ0) is 20.1. The van der Waals surface area contributed by atoms with E-state index >= 15 is 0 Å². The maximum Gasteiger partial charge on any atom is 0.292 e. The minimum atomic E-state index is -0.494. The van der Waals surface area contributed by atoms with Crippen LogP contribution in [0.4, 0.5) is 5.00 Å². The lowest BCUT2D eigenvalue weighted by molar-refractivity contribution is 0.0999. The highest BCUT2D eigenvalue weighted by Gasteiger charge is 2.33. The van der Waals surface area contributed by atoms with E-state index in [0.717, 1.165) is 35.1 Å². The predicted octanol–water partition coefficient (Wildman–Crippen LogP) is 5.00. The first-order valence-electron chi connectivity index (χ1n) is 9.48. The number of primary amides is 1. The third kappa shape index (κ3) is 3.33. The number of thiophene rings is 1. The van der Waals surface area contributed by atoms with Gasteiger partial charge in [-0.3, -0.25) is 9.59 Å². The third-order valence-electron chi connectivity index (χ3n) is 5.61. The smallest absolute Gasteiger partial charge is 0.292 e. The van der Waals surface area contributed by atoms with Crippen molar-refractivity contribution in [3.63, 3.8) is 0 Å². The Morgan fingerprint density at radius 1 is 1.25 bits per heavy atom. The van der Waals surface area contributed by atoms with Crippen LogP contribution in [0.3, 0.4) is 0 Å². The van der Waals surface area contributed by atoms with E-state index in [4.69, 9.17) is 10.2 Å². The molecule has 2 aromatic heterocycles. The number of fused-ring (bicyclic) bond motifs is 2. The number of hydrogen-bond donors (Lipinski definition) is 2. The summed E-state index contributed by atoms with van der Waals surface area (Å²) in [5.74, 6) is -0.106. The molecule has 28 heavy (non-hydrogen) atoms. The molecule has 0 saturated carbocycles. The maximum atomic E-state index is 12.7. The number of nitrogens with two attached hydrogens (primary N) is 1. The average Bonchev–Trinajstić information content (AvgIpc) is 3.21. The molecule has 0 aliphatic heterocycles. The van der Waals surface area contributed by atoms with Gasteiger partial charge in [0.25, 0.3) is 11.8 Å². The van der Waals surface area contributed by atoms with Crippen LogP contribution in [0.25, 0.3) is 11.0 Å². The first-order valence-corrected chi connectivity index (χ1v) is 10.3. The lowest BCUT2D eigenvalue weighted by Gasteiger charge is -2.33. The summed E-state index contributed by atoms with van der Waals surface area (Å²) in [5, 5.41) is 4.25. The molecule has 1 aromatic carbocycles. The molecule has 146 valence electrons. The Morgan fingerprint density at radius 3 is 2.68 bits per heavy atom. The third-order valence-corrected chi connectivity index (χ3v) is 6.78. The van der Waals surface area contributed by atoms with E-state index in [9.17, 15) is 9.59 Å². The van der Waals surface area contributed by atoms with Gasteiger partial charge in [-0.15, -0.1) is 11.3 Å². The van der Waals surface area contributed by atoms with Crippen LogP contribution in [0.15, 0.2) is 34.7 Å². The van der Waals surface area contributed by atoms with Crippen molar-refractivity contribution in [1.29, 1.82) is 0 Å². The number of benzene rings is 1. The van der Waals surface area contributed by atoms with Gasteiger partial charge in [-0.25, -0.2) is 0 Å². The first-order chi connectivity index (χ1) is 13.2. The quantitative estimate of drug-likeness (QED) is 0.653. The molecular formula is C22H24N2O3S. The highest BCUT2D eigenvalue weighted by Crippen LogP contribution is 2.44. The lowest BCUT2D eigenvalue weighted by atomic mass is 9.72. The van der Waals surface area contributed by atoms with Crippen LogP contribution in [-0.2, 0) is 12.8 Å². The number of para-hydroxylation sites is 1. The van der Waals surface area contributed by atoms with Gasteiger partial charge in [0.2, 0.25) is 0 Å². The summed E-state index contributed by atoms with van der Waals surface area (Å²) < 4.78 is 5.64. The molecule has 1 aliphatic rings. The van der Waals surface area contributed by atoms with Crippen molar-refractivity contribution in [2.75, 3.05) is 5.32 Å². The molecule has 0 bridgehead atoms. The molecule has 3 aromatic rings. The van der Waals surface area contributed by atoms with Gasteiger partial charge in [0.05, 0.1) is 5.56 Å². The summed E-state index contributed by atoms with van der Waals surface area (Å²) in [6.45, 7) is 6.74. The van der Waals surface area contributed by atoms with Crippen molar-refractivity contribution >= 4 is 39.1 Å². The topological polar surface area (TPSA) is 85.3 Å². The Hall–Kier alpha value is -2.60. The van der Waals surface area contributed by atoms with Gasteiger partial charge in [0.1, 0.15) is 10.6 Å². The van der Waals surface area contributed by atoms with Crippen LogP contribution in [0.1, 0.15) is 58.5 Å². The van der Waals surface area contributed by atoms with Crippen molar-refractivity contribution in [2.24, 2.45) is 17.1 Å². The summed E-state index contributed by atoms with van der Waals surface area (Å²) >= 11 is 1.47. The SMILES string of the molecule is CC(C)(C)[C@H]1CCc2c(sc(NC(=O)c3cc4ccccc4o3)c2C(N)=O)C1. The summed E-state index contributed by atoms with van der Waals surface area (Å²) in [5.41, 5.74) is 7.98. The Balaban J connectivity index is 1.65. The number of carbonyl (C=O) groups is 2. The molecule has 1 atom stereocenters. The summed E-state index contributed by atoms with van der Waals surface area (Å²) in [6, 6.07) is 9.16. The number of carbonyl (C=O) groups excluding carboxylic acids is 2. The van der Waals surface area contributed by atoms with Gasteiger partial charge in [-0.05, 0) is 48.3 Å². The van der Waals surface area contributed by atoms with Crippen LogP contribution in [0, 0.1) is 11.3 Å². The Labute approximate surface area is 167 Å². The van der Waals surface area contributed by atoms with E-state index in [0.29, 0.717) is 22.1 Å². The van der Waals surface area contributed by atoms with Crippen molar-refractivity contribution in [1.82, 2.24) is 0 Å². The highest BCUT2D eigenvalue weighted by atomic mass is 32.1. The minimum absolute atomic E-state index is 0.201. The number of anilines is 1. The fourth-order valence-electron chi connectivity index (χ4n) is 3.93. The van der Waals surface area contributed by atoms with Crippen LogP contribution in [-0.4, -0.2) is 11.8 Å². The van der Waals surface area contributed by atoms with E-state index in [2.05, 4.69) is 26.1 Å². The molecule has 0 spiro atoms. The van der Waals surface area contributed by atoms with E-state index < -0.39 is 5.91 Å². The second-order valence-electron chi connectivity index (χ2n) is 8.48. The largest absolute Gasteiger partial charge is 0.451 e. The first kappa shape index (κ1) is 18.7. The molecule has 6 heteroatoms. The number of rotatable bonds is 3. The van der Waals surface area contributed by atoms with E-state index in [1.807, 2.05) is 24.3 Å². The van der Waals surface area contributed by atoms with Crippen LogP contribution >= 0.6 is 11.3 Å². The van der Waals surface area contributed by atoms with Crippen molar-refractivity contribution < 1.29 is 14.0 Å². The minimum Gasteiger partial charge on any atom is -0.451 e. The van der Waals surface area contributed by atoms with Crippen molar-refractivity contribution in [2.45, 2.75) is 40.0 Å². The van der Waals surface area contributed by atoms with E-state index in [1.54, 1.807) is 6.07 Å². The highest BCUT2D eigenvalue weighted by molar-refractivity contribution is 7.17. The van der Waals surface area contributed by atoms with Crippen molar-refractivity contribution in [3.05, 3.63) is 52.1 Å². The average molecular weight is 397 g/mol. The molecule has 1 aliphatic carbocycles. The Morgan fingerprint density at radius 2 is 2.00 bits per heavy atom. The molecule has 0 radical (unpaired) electrons. The molecule has 3 N–H and O–H groups in total. The molecular weight excluding hydrogens is 372 g/mol. The second-order valence-corrected chi connectivity index (χ2v) is 9.59. The molecule has 2 amide bonds. The molecule has 0 fully saturated rings. The molecule has 0 saturated heterocycles. The fourth-order valence-corrected chi connectivity index (χ4v) is 5.26. The van der Waals surface area contributed by atoms with Crippen LogP contribution in [0.2, 0.25) is 0 Å².